The van der Waals surface area contributed by atoms with E-state index in [1.165, 1.54) is 18.7 Å². The van der Waals surface area contributed by atoms with Crippen LogP contribution in [-0.4, -0.2) is 33.4 Å². The molecule has 0 radical (unpaired) electrons. The van der Waals surface area contributed by atoms with Crippen molar-refractivity contribution >= 4 is 5.97 Å². The van der Waals surface area contributed by atoms with E-state index in [1.54, 1.807) is 31.2 Å². The number of carbonyl (C=O) groups is 1. The van der Waals surface area contributed by atoms with Crippen molar-refractivity contribution in [2.45, 2.75) is 26.0 Å². The zero-order valence-electron chi connectivity index (χ0n) is 14.4. The van der Waals surface area contributed by atoms with E-state index < -0.39 is 29.9 Å². The molecule has 134 valence electrons. The lowest BCUT2D eigenvalue weighted by Crippen LogP contribution is -2.41. The first-order valence-corrected chi connectivity index (χ1v) is 7.66. The number of hydrogen-bond donors (Lipinski definition) is 2. The normalized spacial score (nSPS) is 12.0. The third-order valence-corrected chi connectivity index (χ3v) is 4.19. The van der Waals surface area contributed by atoms with Gasteiger partial charge in [-0.3, -0.25) is 9.59 Å². The van der Waals surface area contributed by atoms with Crippen molar-refractivity contribution in [1.82, 2.24) is 9.13 Å². The summed E-state index contributed by atoms with van der Waals surface area (Å²) in [6, 6.07) is 5.77. The molecule has 0 aliphatic heterocycles. The number of methoxy groups -OCH3 is 1. The first-order chi connectivity index (χ1) is 11.8. The van der Waals surface area contributed by atoms with E-state index in [2.05, 4.69) is 4.74 Å². The van der Waals surface area contributed by atoms with Crippen molar-refractivity contribution in [3.8, 4) is 5.69 Å². The molecule has 1 aromatic heterocycles. The molecule has 8 nitrogen and oxygen atoms in total. The smallest absolute Gasteiger partial charge is 0.335 e. The summed E-state index contributed by atoms with van der Waals surface area (Å²) in [5.74, 6) is -0.514. The van der Waals surface area contributed by atoms with Crippen molar-refractivity contribution in [3.05, 3.63) is 61.9 Å². The second-order valence-corrected chi connectivity index (χ2v) is 5.70. The molecule has 1 aromatic carbocycles. The Balaban J connectivity index is 2.45. The third kappa shape index (κ3) is 3.54. The maximum absolute atomic E-state index is 12.5. The number of aliphatic hydroxyl groups is 1. The monoisotopic (exact) mass is 347 g/mol. The number of nitrogens with zero attached hydrogens (tertiary/aromatic N) is 2. The molecule has 0 unspecified atom stereocenters. The van der Waals surface area contributed by atoms with Crippen LogP contribution in [0.15, 0.2) is 33.9 Å². The fourth-order valence-electron chi connectivity index (χ4n) is 2.55. The van der Waals surface area contributed by atoms with Crippen LogP contribution in [0.4, 0.5) is 0 Å². The molecule has 8 heteroatoms. The van der Waals surface area contributed by atoms with Crippen molar-refractivity contribution < 1.29 is 14.6 Å². The molecule has 0 spiro atoms. The van der Waals surface area contributed by atoms with E-state index in [9.17, 15) is 19.5 Å². The van der Waals surface area contributed by atoms with Gasteiger partial charge in [-0.1, -0.05) is 12.1 Å². The minimum Gasteiger partial charge on any atom is -0.468 e. The standard InChI is InChI=1S/C17H21N3O5/c1-10-13(9-21)15(22)20(17(24)19(10)2)12-6-4-11(5-7-12)8-14(18)16(23)25-3/h4-7,14,21H,8-9,18H2,1-3H3/t14-/m0/s1. The Bertz CT molecular complexity index is 896. The van der Waals surface area contributed by atoms with Crippen LogP contribution in [0, 0.1) is 6.92 Å². The van der Waals surface area contributed by atoms with Crippen molar-refractivity contribution in [3.63, 3.8) is 0 Å². The average Bonchev–Trinajstić information content (AvgIpc) is 2.61. The van der Waals surface area contributed by atoms with Gasteiger partial charge in [0.05, 0.1) is 25.0 Å². The minimum atomic E-state index is -0.785. The second-order valence-electron chi connectivity index (χ2n) is 5.70. The predicted molar refractivity (Wildman–Crippen MR) is 91.6 cm³/mol. The van der Waals surface area contributed by atoms with Gasteiger partial charge in [0, 0.05) is 12.7 Å². The van der Waals surface area contributed by atoms with Gasteiger partial charge in [0.25, 0.3) is 5.56 Å². The number of aromatic nitrogens is 2. The van der Waals surface area contributed by atoms with Gasteiger partial charge in [-0.05, 0) is 31.0 Å². The molecule has 1 atom stereocenters. The molecule has 0 amide bonds. The third-order valence-electron chi connectivity index (χ3n) is 4.19. The number of ether oxygens (including phenoxy) is 1. The molecule has 0 bridgehead atoms. The maximum Gasteiger partial charge on any atom is 0.335 e. The Morgan fingerprint density at radius 1 is 1.28 bits per heavy atom. The summed E-state index contributed by atoms with van der Waals surface area (Å²) < 4.78 is 6.90. The summed E-state index contributed by atoms with van der Waals surface area (Å²) in [6.45, 7) is 1.15. The summed E-state index contributed by atoms with van der Waals surface area (Å²) in [5, 5.41) is 9.42. The lowest BCUT2D eigenvalue weighted by atomic mass is 10.1. The Morgan fingerprint density at radius 3 is 2.40 bits per heavy atom. The van der Waals surface area contributed by atoms with E-state index in [4.69, 9.17) is 5.73 Å². The molecule has 1 heterocycles. The Hall–Kier alpha value is -2.71. The van der Waals surface area contributed by atoms with Crippen molar-refractivity contribution in [1.29, 1.82) is 0 Å². The topological polar surface area (TPSA) is 117 Å². The number of hydrogen-bond acceptors (Lipinski definition) is 6. The zero-order valence-corrected chi connectivity index (χ0v) is 14.4. The molecule has 3 N–H and O–H groups in total. The van der Waals surface area contributed by atoms with Crippen LogP contribution < -0.4 is 17.0 Å². The zero-order chi connectivity index (χ0) is 18.7. The average molecular weight is 347 g/mol. The molecule has 2 rings (SSSR count). The van der Waals surface area contributed by atoms with Gasteiger partial charge in [-0.2, -0.15) is 0 Å². The van der Waals surface area contributed by atoms with Crippen molar-refractivity contribution in [2.75, 3.05) is 7.11 Å². The Morgan fingerprint density at radius 2 is 1.88 bits per heavy atom. The van der Waals surface area contributed by atoms with Gasteiger partial charge in [0.2, 0.25) is 0 Å². The molecular weight excluding hydrogens is 326 g/mol. The van der Waals surface area contributed by atoms with Gasteiger partial charge in [-0.15, -0.1) is 0 Å². The quantitative estimate of drug-likeness (QED) is 0.696. The van der Waals surface area contributed by atoms with Crippen LogP contribution in [-0.2, 0) is 29.6 Å². The summed E-state index contributed by atoms with van der Waals surface area (Å²) in [5.41, 5.74) is 6.39. The fraction of sp³-hybridized carbons (Fsp3) is 0.353. The SMILES string of the molecule is COC(=O)[C@@H](N)Cc1ccc(-n2c(=O)c(CO)c(C)n(C)c2=O)cc1. The first kappa shape index (κ1) is 18.6. The van der Waals surface area contributed by atoms with Gasteiger partial charge in [-0.25, -0.2) is 9.36 Å². The molecule has 0 aliphatic carbocycles. The van der Waals surface area contributed by atoms with Gasteiger partial charge >= 0.3 is 11.7 Å². The summed E-state index contributed by atoms with van der Waals surface area (Å²) in [6.07, 6.45) is 0.273. The highest BCUT2D eigenvalue weighted by Crippen LogP contribution is 2.10. The highest BCUT2D eigenvalue weighted by Gasteiger charge is 2.16. The summed E-state index contributed by atoms with van der Waals surface area (Å²) >= 11 is 0. The lowest BCUT2D eigenvalue weighted by molar-refractivity contribution is -0.142. The largest absolute Gasteiger partial charge is 0.468 e. The molecular formula is C17H21N3O5. The van der Waals surface area contributed by atoms with Crippen LogP contribution in [0.1, 0.15) is 16.8 Å². The van der Waals surface area contributed by atoms with Crippen molar-refractivity contribution in [2.24, 2.45) is 12.8 Å². The minimum absolute atomic E-state index is 0.166. The van der Waals surface area contributed by atoms with Crippen LogP contribution in [0.5, 0.6) is 0 Å². The molecule has 0 aliphatic rings. The van der Waals surface area contributed by atoms with E-state index in [-0.39, 0.29) is 12.0 Å². The van der Waals surface area contributed by atoms with Gasteiger partial charge in [0.1, 0.15) is 6.04 Å². The number of rotatable bonds is 5. The maximum atomic E-state index is 12.5. The van der Waals surface area contributed by atoms with E-state index in [1.807, 2.05) is 0 Å². The van der Waals surface area contributed by atoms with Gasteiger partial charge < -0.3 is 20.1 Å². The fourth-order valence-corrected chi connectivity index (χ4v) is 2.55. The number of benzene rings is 1. The second kappa shape index (κ2) is 7.45. The summed E-state index contributed by atoms with van der Waals surface area (Å²) in [7, 11) is 2.81. The van der Waals surface area contributed by atoms with Crippen LogP contribution in [0.2, 0.25) is 0 Å². The van der Waals surface area contributed by atoms with Crippen LogP contribution >= 0.6 is 0 Å². The molecule has 0 fully saturated rings. The number of nitrogens with two attached hydrogens (primary N) is 1. The summed E-state index contributed by atoms with van der Waals surface area (Å²) in [4.78, 5) is 36.3. The van der Waals surface area contributed by atoms with Crippen LogP contribution in [0.3, 0.4) is 0 Å². The number of esters is 1. The molecule has 25 heavy (non-hydrogen) atoms. The molecule has 2 aromatic rings. The highest BCUT2D eigenvalue weighted by molar-refractivity contribution is 5.75. The first-order valence-electron chi connectivity index (χ1n) is 7.66. The molecule has 0 saturated carbocycles. The number of carbonyl (C=O) groups excluding carboxylic acids is 1. The number of aliphatic hydroxyl groups excluding tert-OH is 1. The lowest BCUT2D eigenvalue weighted by Gasteiger charge is -2.14. The Labute approximate surface area is 144 Å². The van der Waals surface area contributed by atoms with E-state index in [0.717, 1.165) is 10.1 Å². The van der Waals surface area contributed by atoms with Crippen LogP contribution in [0.25, 0.3) is 5.69 Å². The Kier molecular flexibility index (Phi) is 5.55. The van der Waals surface area contributed by atoms with Gasteiger partial charge in [0.15, 0.2) is 0 Å². The molecule has 0 saturated heterocycles. The predicted octanol–water partition coefficient (Wildman–Crippen LogP) is -0.620. The van der Waals surface area contributed by atoms with E-state index >= 15 is 0 Å². The highest BCUT2D eigenvalue weighted by atomic mass is 16.5. The van der Waals surface area contributed by atoms with E-state index in [0.29, 0.717) is 11.4 Å².